The Morgan fingerprint density at radius 1 is 1.59 bits per heavy atom. The zero-order chi connectivity index (χ0) is 12.3. The van der Waals surface area contributed by atoms with Crippen LogP contribution in [-0.2, 0) is 6.54 Å². The standard InChI is InChI=1S/C11H19N5S/c1-8-5-10(15-12)14-11(13-8)6-16(2)9-3-4-17-7-9/h5,9H,3-4,6-7,12H2,1-2H3,(H,13,14,15). The third-order valence-corrected chi connectivity index (χ3v) is 4.11. The van der Waals surface area contributed by atoms with Gasteiger partial charge in [-0.3, -0.25) is 4.90 Å². The number of hydrazine groups is 1. The lowest BCUT2D eigenvalue weighted by atomic mass is 10.2. The fourth-order valence-electron chi connectivity index (χ4n) is 2.00. The Hall–Kier alpha value is -0.850. The van der Waals surface area contributed by atoms with Crippen LogP contribution in [0, 0.1) is 6.92 Å². The van der Waals surface area contributed by atoms with E-state index < -0.39 is 0 Å². The van der Waals surface area contributed by atoms with Crippen molar-refractivity contribution < 1.29 is 0 Å². The highest BCUT2D eigenvalue weighted by atomic mass is 32.2. The van der Waals surface area contributed by atoms with Gasteiger partial charge in [0.2, 0.25) is 0 Å². The molecular weight excluding hydrogens is 234 g/mol. The fraction of sp³-hybridized carbons (Fsp3) is 0.636. The normalized spacial score (nSPS) is 19.9. The Morgan fingerprint density at radius 3 is 3.06 bits per heavy atom. The lowest BCUT2D eigenvalue weighted by Gasteiger charge is -2.22. The smallest absolute Gasteiger partial charge is 0.145 e. The molecule has 0 aromatic carbocycles. The Morgan fingerprint density at radius 2 is 2.41 bits per heavy atom. The van der Waals surface area contributed by atoms with Crippen LogP contribution in [0.2, 0.25) is 0 Å². The SMILES string of the molecule is Cc1cc(NN)nc(CN(C)C2CCSC2)n1. The van der Waals surface area contributed by atoms with Gasteiger partial charge in [-0.1, -0.05) is 0 Å². The molecule has 1 saturated heterocycles. The van der Waals surface area contributed by atoms with E-state index in [1.54, 1.807) is 0 Å². The van der Waals surface area contributed by atoms with Gasteiger partial charge in [0.15, 0.2) is 0 Å². The van der Waals surface area contributed by atoms with E-state index in [9.17, 15) is 0 Å². The van der Waals surface area contributed by atoms with Crippen LogP contribution in [0.15, 0.2) is 6.07 Å². The molecule has 0 bridgehead atoms. The summed E-state index contributed by atoms with van der Waals surface area (Å²) in [7, 11) is 2.14. The second kappa shape index (κ2) is 5.66. The van der Waals surface area contributed by atoms with E-state index in [-0.39, 0.29) is 0 Å². The highest BCUT2D eigenvalue weighted by Gasteiger charge is 2.20. The van der Waals surface area contributed by atoms with Gasteiger partial charge >= 0.3 is 0 Å². The number of rotatable bonds is 4. The summed E-state index contributed by atoms with van der Waals surface area (Å²) in [5.74, 6) is 9.37. The molecule has 0 saturated carbocycles. The van der Waals surface area contributed by atoms with Gasteiger partial charge in [0, 0.05) is 23.6 Å². The van der Waals surface area contributed by atoms with Gasteiger partial charge in [0.1, 0.15) is 11.6 Å². The molecule has 6 heteroatoms. The average molecular weight is 253 g/mol. The van der Waals surface area contributed by atoms with Crippen LogP contribution in [0.3, 0.4) is 0 Å². The van der Waals surface area contributed by atoms with Crippen LogP contribution in [0.4, 0.5) is 5.82 Å². The van der Waals surface area contributed by atoms with E-state index >= 15 is 0 Å². The fourth-order valence-corrected chi connectivity index (χ4v) is 3.30. The summed E-state index contributed by atoms with van der Waals surface area (Å²) in [5, 5.41) is 0. The molecule has 0 spiro atoms. The molecule has 0 aliphatic carbocycles. The molecule has 5 nitrogen and oxygen atoms in total. The first-order chi connectivity index (χ1) is 8.19. The predicted octanol–water partition coefficient (Wildman–Crippen LogP) is 1.01. The lowest BCUT2D eigenvalue weighted by molar-refractivity contribution is 0.248. The summed E-state index contributed by atoms with van der Waals surface area (Å²) < 4.78 is 0. The van der Waals surface area contributed by atoms with E-state index in [1.165, 1.54) is 17.9 Å². The molecule has 2 rings (SSSR count). The van der Waals surface area contributed by atoms with Crippen molar-refractivity contribution in [1.29, 1.82) is 0 Å². The van der Waals surface area contributed by atoms with Gasteiger partial charge in [-0.2, -0.15) is 11.8 Å². The number of nitrogen functional groups attached to an aromatic ring is 1. The molecule has 1 aliphatic rings. The largest absolute Gasteiger partial charge is 0.308 e. The maximum absolute atomic E-state index is 5.38. The number of thioether (sulfide) groups is 1. The Bertz CT molecular complexity index is 378. The first kappa shape index (κ1) is 12.6. The molecule has 1 unspecified atom stereocenters. The summed E-state index contributed by atoms with van der Waals surface area (Å²) >= 11 is 2.02. The second-order valence-corrected chi connectivity index (χ2v) is 5.54. The molecule has 2 heterocycles. The Balaban J connectivity index is 2.04. The number of nitrogens with two attached hydrogens (primary N) is 1. The van der Waals surface area contributed by atoms with Gasteiger partial charge in [-0.15, -0.1) is 0 Å². The molecule has 1 fully saturated rings. The molecule has 94 valence electrons. The number of hydrogen-bond acceptors (Lipinski definition) is 6. The number of nitrogens with zero attached hydrogens (tertiary/aromatic N) is 3. The van der Waals surface area contributed by atoms with Crippen LogP contribution in [0.25, 0.3) is 0 Å². The van der Waals surface area contributed by atoms with Crippen molar-refractivity contribution in [3.05, 3.63) is 17.6 Å². The van der Waals surface area contributed by atoms with Crippen molar-refractivity contribution >= 4 is 17.6 Å². The van der Waals surface area contributed by atoms with E-state index in [2.05, 4.69) is 27.3 Å². The van der Waals surface area contributed by atoms with Gasteiger partial charge in [-0.25, -0.2) is 15.8 Å². The zero-order valence-corrected chi connectivity index (χ0v) is 11.1. The zero-order valence-electron chi connectivity index (χ0n) is 10.3. The molecule has 0 radical (unpaired) electrons. The van der Waals surface area contributed by atoms with Crippen LogP contribution >= 0.6 is 11.8 Å². The predicted molar refractivity (Wildman–Crippen MR) is 71.8 cm³/mol. The molecule has 1 aromatic heterocycles. The first-order valence-electron chi connectivity index (χ1n) is 5.78. The number of aryl methyl sites for hydroxylation is 1. The van der Waals surface area contributed by atoms with Crippen molar-refractivity contribution in [2.75, 3.05) is 24.0 Å². The van der Waals surface area contributed by atoms with Crippen molar-refractivity contribution in [3.63, 3.8) is 0 Å². The molecule has 0 amide bonds. The van der Waals surface area contributed by atoms with Crippen molar-refractivity contribution in [2.24, 2.45) is 5.84 Å². The first-order valence-corrected chi connectivity index (χ1v) is 6.93. The van der Waals surface area contributed by atoms with E-state index in [0.29, 0.717) is 11.9 Å². The Kier molecular flexibility index (Phi) is 4.20. The Labute approximate surface area is 106 Å². The third kappa shape index (κ3) is 3.31. The second-order valence-electron chi connectivity index (χ2n) is 4.39. The quantitative estimate of drug-likeness (QED) is 0.616. The monoisotopic (exact) mass is 253 g/mol. The highest BCUT2D eigenvalue weighted by molar-refractivity contribution is 7.99. The van der Waals surface area contributed by atoms with Gasteiger partial charge in [0.05, 0.1) is 6.54 Å². The highest BCUT2D eigenvalue weighted by Crippen LogP contribution is 2.22. The number of anilines is 1. The molecular formula is C11H19N5S. The topological polar surface area (TPSA) is 67.1 Å². The minimum absolute atomic E-state index is 0.651. The minimum Gasteiger partial charge on any atom is -0.308 e. The van der Waals surface area contributed by atoms with E-state index in [0.717, 1.165) is 18.1 Å². The number of nitrogens with one attached hydrogen (secondary N) is 1. The van der Waals surface area contributed by atoms with Gasteiger partial charge in [0.25, 0.3) is 0 Å². The number of aromatic nitrogens is 2. The summed E-state index contributed by atoms with van der Waals surface area (Å²) in [4.78, 5) is 11.1. The maximum Gasteiger partial charge on any atom is 0.145 e. The molecule has 1 atom stereocenters. The summed E-state index contributed by atoms with van der Waals surface area (Å²) in [6.45, 7) is 2.74. The van der Waals surface area contributed by atoms with Gasteiger partial charge in [-0.05, 0) is 26.1 Å². The van der Waals surface area contributed by atoms with Crippen LogP contribution in [0.1, 0.15) is 17.9 Å². The minimum atomic E-state index is 0.651. The van der Waals surface area contributed by atoms with Crippen molar-refractivity contribution in [1.82, 2.24) is 14.9 Å². The van der Waals surface area contributed by atoms with Crippen molar-refractivity contribution in [2.45, 2.75) is 25.9 Å². The molecule has 3 N–H and O–H groups in total. The average Bonchev–Trinajstić information content (AvgIpc) is 2.81. The third-order valence-electron chi connectivity index (χ3n) is 2.97. The molecule has 1 aliphatic heterocycles. The summed E-state index contributed by atoms with van der Waals surface area (Å²) in [5.41, 5.74) is 3.52. The maximum atomic E-state index is 5.38. The lowest BCUT2D eigenvalue weighted by Crippen LogP contribution is -2.31. The van der Waals surface area contributed by atoms with Crippen LogP contribution < -0.4 is 11.3 Å². The molecule has 17 heavy (non-hydrogen) atoms. The molecule has 1 aromatic rings. The summed E-state index contributed by atoms with van der Waals surface area (Å²) in [6.07, 6.45) is 1.26. The van der Waals surface area contributed by atoms with E-state index in [1.807, 2.05) is 24.8 Å². The van der Waals surface area contributed by atoms with Gasteiger partial charge < -0.3 is 5.43 Å². The summed E-state index contributed by atoms with van der Waals surface area (Å²) in [6, 6.07) is 2.49. The number of hydrogen-bond donors (Lipinski definition) is 2. The van der Waals surface area contributed by atoms with Crippen LogP contribution in [0.5, 0.6) is 0 Å². The van der Waals surface area contributed by atoms with Crippen LogP contribution in [-0.4, -0.2) is 39.5 Å². The van der Waals surface area contributed by atoms with Crippen molar-refractivity contribution in [3.8, 4) is 0 Å². The van der Waals surface area contributed by atoms with E-state index in [4.69, 9.17) is 5.84 Å².